The summed E-state index contributed by atoms with van der Waals surface area (Å²) >= 11 is 6.71. The zero-order valence-electron chi connectivity index (χ0n) is 3.91. The van der Waals surface area contributed by atoms with Crippen LogP contribution in [0.3, 0.4) is 0 Å². The monoisotopic (exact) mass is 214 g/mol. The molecule has 0 atom stereocenters. The molecule has 0 spiro atoms. The van der Waals surface area contributed by atoms with E-state index in [4.69, 9.17) is 0 Å². The first kappa shape index (κ1) is 6.96. The van der Waals surface area contributed by atoms with Crippen molar-refractivity contribution >= 4 is 31.9 Å². The summed E-state index contributed by atoms with van der Waals surface area (Å²) in [5, 5.41) is 0. The molecule has 0 aromatic carbocycles. The van der Waals surface area contributed by atoms with E-state index in [2.05, 4.69) is 45.7 Å². The van der Waals surface area contributed by atoms with Gasteiger partial charge in [0.2, 0.25) is 0 Å². The summed E-state index contributed by atoms with van der Waals surface area (Å²) in [4.78, 5) is 0. The van der Waals surface area contributed by atoms with Crippen LogP contribution in [0.15, 0.2) is 0 Å². The van der Waals surface area contributed by atoms with Gasteiger partial charge in [-0.3, -0.25) is 0 Å². The van der Waals surface area contributed by atoms with Crippen LogP contribution in [0.1, 0.15) is 13.8 Å². The van der Waals surface area contributed by atoms with Gasteiger partial charge in [-0.05, 0) is 5.92 Å². The second-order valence-electron chi connectivity index (χ2n) is 1.58. The molecule has 0 saturated carbocycles. The van der Waals surface area contributed by atoms with Gasteiger partial charge in [-0.2, -0.15) is 0 Å². The molecular weight excluding hydrogens is 208 g/mol. The van der Waals surface area contributed by atoms with Crippen LogP contribution in [-0.4, -0.2) is 3.74 Å². The Morgan fingerprint density at radius 1 is 1.17 bits per heavy atom. The van der Waals surface area contributed by atoms with Gasteiger partial charge in [-0.1, -0.05) is 45.7 Å². The highest BCUT2D eigenvalue weighted by Gasteiger charge is 2.00. The maximum atomic E-state index is 3.36. The topological polar surface area (TPSA) is 0 Å². The molecule has 0 bridgehead atoms. The Balaban J connectivity index is 2.99. The van der Waals surface area contributed by atoms with E-state index in [9.17, 15) is 0 Å². The molecule has 0 aliphatic heterocycles. The summed E-state index contributed by atoms with van der Waals surface area (Å²) in [5.41, 5.74) is 0. The summed E-state index contributed by atoms with van der Waals surface area (Å²) in [6, 6.07) is 0. The Bertz CT molecular complexity index is 26.5. The summed E-state index contributed by atoms with van der Waals surface area (Å²) in [6.07, 6.45) is 0. The molecule has 2 heteroatoms. The van der Waals surface area contributed by atoms with Gasteiger partial charge >= 0.3 is 0 Å². The van der Waals surface area contributed by atoms with Crippen molar-refractivity contribution in [1.29, 1.82) is 0 Å². The molecule has 0 fully saturated rings. The summed E-state index contributed by atoms with van der Waals surface area (Å²) in [6.45, 7) is 4.29. The van der Waals surface area contributed by atoms with Gasteiger partial charge in [0.05, 0.1) is 3.74 Å². The van der Waals surface area contributed by atoms with Crippen LogP contribution in [0.4, 0.5) is 0 Å². The van der Waals surface area contributed by atoms with Crippen molar-refractivity contribution in [1.82, 2.24) is 0 Å². The third kappa shape index (κ3) is 3.16. The highest BCUT2D eigenvalue weighted by molar-refractivity contribution is 9.24. The first-order valence-corrected chi connectivity index (χ1v) is 3.76. The van der Waals surface area contributed by atoms with Crippen molar-refractivity contribution in [3.05, 3.63) is 0 Å². The lowest BCUT2D eigenvalue weighted by atomic mass is 10.3. The number of hydrogen-bond acceptors (Lipinski definition) is 0. The van der Waals surface area contributed by atoms with Crippen LogP contribution in [0.5, 0.6) is 0 Å². The van der Waals surface area contributed by atoms with Crippen LogP contribution in [0.2, 0.25) is 0 Å². The highest BCUT2D eigenvalue weighted by Crippen LogP contribution is 2.17. The third-order valence-electron chi connectivity index (χ3n) is 0.504. The Morgan fingerprint density at radius 2 is 1.33 bits per heavy atom. The average molecular weight is 216 g/mol. The molecule has 0 nitrogen and oxygen atoms in total. The molecule has 0 radical (unpaired) electrons. The van der Waals surface area contributed by atoms with E-state index >= 15 is 0 Å². The quantitative estimate of drug-likeness (QED) is 0.591. The molecule has 0 aromatic heterocycles. The van der Waals surface area contributed by atoms with E-state index in [0.717, 1.165) is 0 Å². The number of rotatable bonds is 1. The molecule has 0 rings (SSSR count). The van der Waals surface area contributed by atoms with Crippen molar-refractivity contribution in [2.45, 2.75) is 17.6 Å². The van der Waals surface area contributed by atoms with Crippen molar-refractivity contribution in [2.24, 2.45) is 5.92 Å². The van der Waals surface area contributed by atoms with E-state index in [0.29, 0.717) is 9.65 Å². The molecule has 0 amide bonds. The predicted octanol–water partition coefficient (Wildman–Crippen LogP) is 2.76. The fourth-order valence-electron chi connectivity index (χ4n) is 0. The zero-order valence-corrected chi connectivity index (χ0v) is 7.08. The van der Waals surface area contributed by atoms with Crippen LogP contribution in [0.25, 0.3) is 0 Å². The lowest BCUT2D eigenvalue weighted by molar-refractivity contribution is 0.734. The second kappa shape index (κ2) is 3.03. The SMILES string of the molecule is CC(C)C(Br)Br. The molecule has 0 N–H and O–H groups in total. The Kier molecular flexibility index (Phi) is 3.51. The molecule has 38 valence electrons. The predicted molar refractivity (Wildman–Crippen MR) is 36.5 cm³/mol. The molecule has 0 heterocycles. The van der Waals surface area contributed by atoms with E-state index in [1.165, 1.54) is 0 Å². The van der Waals surface area contributed by atoms with E-state index < -0.39 is 0 Å². The minimum Gasteiger partial charge on any atom is -0.0762 e. The van der Waals surface area contributed by atoms with Crippen LogP contribution >= 0.6 is 31.9 Å². The van der Waals surface area contributed by atoms with Crippen molar-refractivity contribution in [3.8, 4) is 0 Å². The normalized spacial score (nSPS) is 11.0. The van der Waals surface area contributed by atoms with Gasteiger partial charge in [-0.25, -0.2) is 0 Å². The van der Waals surface area contributed by atoms with E-state index in [-0.39, 0.29) is 0 Å². The van der Waals surface area contributed by atoms with Gasteiger partial charge in [0.15, 0.2) is 0 Å². The van der Waals surface area contributed by atoms with Gasteiger partial charge in [-0.15, -0.1) is 0 Å². The van der Waals surface area contributed by atoms with Gasteiger partial charge in [0.25, 0.3) is 0 Å². The van der Waals surface area contributed by atoms with Gasteiger partial charge in [0.1, 0.15) is 0 Å². The molecule has 0 saturated heterocycles. The fraction of sp³-hybridized carbons (Fsp3) is 1.00. The lowest BCUT2D eigenvalue weighted by Crippen LogP contribution is -1.94. The fourth-order valence-corrected chi connectivity index (χ4v) is 0. The highest BCUT2D eigenvalue weighted by atomic mass is 79.9. The number of halogens is 2. The molecule has 0 aliphatic carbocycles. The molecule has 0 aromatic rings. The summed E-state index contributed by atoms with van der Waals surface area (Å²) in [7, 11) is 0. The average Bonchev–Trinajstić information content (AvgIpc) is 1.36. The van der Waals surface area contributed by atoms with Crippen LogP contribution < -0.4 is 0 Å². The Hall–Kier alpha value is 0.960. The number of hydrogen-bond donors (Lipinski definition) is 0. The first-order valence-electron chi connectivity index (χ1n) is 1.92. The van der Waals surface area contributed by atoms with Gasteiger partial charge < -0.3 is 0 Å². The molecular formula is C4H8Br2. The van der Waals surface area contributed by atoms with Crippen molar-refractivity contribution in [3.63, 3.8) is 0 Å². The first-order chi connectivity index (χ1) is 2.64. The summed E-state index contributed by atoms with van der Waals surface area (Å²) < 4.78 is 0.477. The maximum absolute atomic E-state index is 3.36. The largest absolute Gasteiger partial charge is 0.0762 e. The second-order valence-corrected chi connectivity index (χ2v) is 4.78. The maximum Gasteiger partial charge on any atom is 0.0720 e. The minimum absolute atomic E-state index is 0.477. The van der Waals surface area contributed by atoms with Crippen molar-refractivity contribution in [2.75, 3.05) is 0 Å². The minimum atomic E-state index is 0.477. The molecule has 6 heavy (non-hydrogen) atoms. The van der Waals surface area contributed by atoms with E-state index in [1.54, 1.807) is 0 Å². The van der Waals surface area contributed by atoms with E-state index in [1.807, 2.05) is 0 Å². The van der Waals surface area contributed by atoms with Gasteiger partial charge in [0, 0.05) is 0 Å². The smallest absolute Gasteiger partial charge is 0.0720 e. The Labute approximate surface area is 55.6 Å². The van der Waals surface area contributed by atoms with Crippen LogP contribution in [0, 0.1) is 5.92 Å². The zero-order chi connectivity index (χ0) is 5.15. The Morgan fingerprint density at radius 3 is 1.33 bits per heavy atom. The van der Waals surface area contributed by atoms with Crippen LogP contribution in [-0.2, 0) is 0 Å². The molecule has 0 aliphatic rings. The van der Waals surface area contributed by atoms with Crippen molar-refractivity contribution < 1.29 is 0 Å². The lowest BCUT2D eigenvalue weighted by Gasteiger charge is -2.01. The standard InChI is InChI=1S/C4H8Br2/c1-3(2)4(5)6/h3-4H,1-2H3. The number of alkyl halides is 2. The molecule has 0 unspecified atom stereocenters. The summed E-state index contributed by atoms with van der Waals surface area (Å²) in [5.74, 6) is 0.685. The third-order valence-corrected chi connectivity index (χ3v) is 2.62.